The van der Waals surface area contributed by atoms with E-state index in [2.05, 4.69) is 65.6 Å². The fourth-order valence-corrected chi connectivity index (χ4v) is 1.77. The molecular weight excluding hydrogens is 232 g/mol. The zero-order chi connectivity index (χ0) is 11.2. The van der Waals surface area contributed by atoms with Gasteiger partial charge in [0.2, 0.25) is 0 Å². The largest absolute Gasteiger partial charge is 0.353 e. The van der Waals surface area contributed by atoms with Crippen molar-refractivity contribution < 1.29 is 0 Å². The van der Waals surface area contributed by atoms with Crippen LogP contribution in [0.2, 0.25) is 0 Å². The number of hydrogen-bond acceptors (Lipinski definition) is 1. The Labute approximate surface area is 109 Å². The molecule has 1 N–H and O–H groups in total. The van der Waals surface area contributed by atoms with Crippen molar-refractivity contribution in [3.8, 4) is 0 Å². The first-order chi connectivity index (χ1) is 7.86. The summed E-state index contributed by atoms with van der Waals surface area (Å²) in [5, 5.41) is 3.46. The minimum Gasteiger partial charge on any atom is -0.353 e. The van der Waals surface area contributed by atoms with E-state index in [0.717, 1.165) is 19.5 Å². The first kappa shape index (κ1) is 13.8. The second-order valence-corrected chi connectivity index (χ2v) is 4.02. The van der Waals surface area contributed by atoms with Crippen LogP contribution in [0.4, 0.5) is 0 Å². The van der Waals surface area contributed by atoms with Crippen LogP contribution in [-0.2, 0) is 20.0 Å². The molecule has 1 aromatic carbocycles. The second-order valence-electron chi connectivity index (χ2n) is 4.02. The van der Waals surface area contributed by atoms with E-state index < -0.39 is 0 Å². The van der Waals surface area contributed by atoms with Crippen molar-refractivity contribution in [2.75, 3.05) is 6.54 Å². The lowest BCUT2D eigenvalue weighted by Gasteiger charge is -2.06. The second kappa shape index (κ2) is 7.15. The van der Waals surface area contributed by atoms with Crippen LogP contribution >= 0.6 is 12.4 Å². The van der Waals surface area contributed by atoms with Crippen LogP contribution in [0.1, 0.15) is 11.3 Å². The molecule has 3 heteroatoms. The van der Waals surface area contributed by atoms with Crippen LogP contribution in [0.5, 0.6) is 0 Å². The maximum absolute atomic E-state index is 3.46. The van der Waals surface area contributed by atoms with E-state index in [1.54, 1.807) is 0 Å². The highest BCUT2D eigenvalue weighted by Gasteiger charge is 1.96. The number of aromatic nitrogens is 1. The third kappa shape index (κ3) is 4.25. The van der Waals surface area contributed by atoms with Crippen molar-refractivity contribution in [2.45, 2.75) is 13.0 Å². The zero-order valence-corrected chi connectivity index (χ0v) is 10.9. The zero-order valence-electron chi connectivity index (χ0n) is 10.1. The maximum atomic E-state index is 3.46. The predicted octanol–water partition coefficient (Wildman–Crippen LogP) is 2.78. The van der Waals surface area contributed by atoms with Crippen LogP contribution in [0.15, 0.2) is 48.7 Å². The van der Waals surface area contributed by atoms with Crippen LogP contribution in [0, 0.1) is 0 Å². The summed E-state index contributed by atoms with van der Waals surface area (Å²) in [4.78, 5) is 0. The Bertz CT molecular complexity index is 423. The molecule has 92 valence electrons. The minimum absolute atomic E-state index is 0. The molecule has 0 aliphatic heterocycles. The average Bonchev–Trinajstić information content (AvgIpc) is 2.72. The number of aryl methyl sites for hydroxylation is 1. The van der Waals surface area contributed by atoms with E-state index in [4.69, 9.17) is 0 Å². The third-order valence-electron chi connectivity index (χ3n) is 2.79. The summed E-state index contributed by atoms with van der Waals surface area (Å²) in [5.74, 6) is 0. The molecule has 2 rings (SSSR count). The van der Waals surface area contributed by atoms with Crippen LogP contribution in [0.25, 0.3) is 0 Å². The quantitative estimate of drug-likeness (QED) is 0.808. The highest BCUT2D eigenvalue weighted by molar-refractivity contribution is 5.85. The summed E-state index contributed by atoms with van der Waals surface area (Å²) in [5.41, 5.74) is 2.72. The highest BCUT2D eigenvalue weighted by atomic mass is 35.5. The monoisotopic (exact) mass is 250 g/mol. The van der Waals surface area contributed by atoms with Gasteiger partial charge in [-0.05, 0) is 30.7 Å². The summed E-state index contributed by atoms with van der Waals surface area (Å²) >= 11 is 0. The molecule has 0 aliphatic carbocycles. The van der Waals surface area contributed by atoms with Crippen molar-refractivity contribution in [1.29, 1.82) is 0 Å². The van der Waals surface area contributed by atoms with Gasteiger partial charge < -0.3 is 9.88 Å². The molecule has 17 heavy (non-hydrogen) atoms. The molecule has 0 radical (unpaired) electrons. The number of halogens is 1. The molecule has 0 saturated heterocycles. The molecule has 0 spiro atoms. The molecule has 0 aliphatic rings. The fraction of sp³-hybridized carbons (Fsp3) is 0.286. The Morgan fingerprint density at radius 1 is 1.06 bits per heavy atom. The van der Waals surface area contributed by atoms with Gasteiger partial charge in [0, 0.05) is 25.5 Å². The summed E-state index contributed by atoms with van der Waals surface area (Å²) in [6, 6.07) is 14.8. The molecule has 0 unspecified atom stereocenters. The Hall–Kier alpha value is -1.25. The van der Waals surface area contributed by atoms with E-state index in [1.807, 2.05) is 0 Å². The first-order valence-electron chi connectivity index (χ1n) is 5.71. The standard InChI is InChI=1S/C14H18N2.ClH/c1-16-11-5-8-14(16)12-15-10-9-13-6-3-2-4-7-13;/h2-8,11,15H,9-10,12H2,1H3;1H. The molecular formula is C14H19ClN2. The Kier molecular flexibility index (Phi) is 5.81. The normalized spacial score (nSPS) is 9.94. The molecule has 0 fully saturated rings. The van der Waals surface area contributed by atoms with Gasteiger partial charge in [-0.3, -0.25) is 0 Å². The summed E-state index contributed by atoms with van der Waals surface area (Å²) in [6.45, 7) is 1.96. The van der Waals surface area contributed by atoms with Crippen molar-refractivity contribution in [1.82, 2.24) is 9.88 Å². The van der Waals surface area contributed by atoms with Crippen molar-refractivity contribution in [3.63, 3.8) is 0 Å². The lowest BCUT2D eigenvalue weighted by Crippen LogP contribution is -2.18. The fourth-order valence-electron chi connectivity index (χ4n) is 1.77. The number of rotatable bonds is 5. The van der Waals surface area contributed by atoms with Crippen molar-refractivity contribution in [2.24, 2.45) is 7.05 Å². The van der Waals surface area contributed by atoms with Crippen LogP contribution in [0.3, 0.4) is 0 Å². The minimum atomic E-state index is 0. The molecule has 0 atom stereocenters. The van der Waals surface area contributed by atoms with E-state index in [-0.39, 0.29) is 12.4 Å². The molecule has 1 aromatic heterocycles. The molecule has 2 nitrogen and oxygen atoms in total. The van der Waals surface area contributed by atoms with Crippen molar-refractivity contribution in [3.05, 3.63) is 59.9 Å². The molecule has 0 bridgehead atoms. The van der Waals surface area contributed by atoms with Gasteiger partial charge in [-0.2, -0.15) is 0 Å². The van der Waals surface area contributed by atoms with E-state index in [0.29, 0.717) is 0 Å². The van der Waals surface area contributed by atoms with Gasteiger partial charge in [-0.25, -0.2) is 0 Å². The van der Waals surface area contributed by atoms with Crippen LogP contribution in [-0.4, -0.2) is 11.1 Å². The van der Waals surface area contributed by atoms with Gasteiger partial charge in [-0.15, -0.1) is 12.4 Å². The average molecular weight is 251 g/mol. The van der Waals surface area contributed by atoms with Crippen molar-refractivity contribution >= 4 is 12.4 Å². The number of benzene rings is 1. The topological polar surface area (TPSA) is 17.0 Å². The summed E-state index contributed by atoms with van der Waals surface area (Å²) in [7, 11) is 2.08. The third-order valence-corrected chi connectivity index (χ3v) is 2.79. The predicted molar refractivity (Wildman–Crippen MR) is 74.5 cm³/mol. The molecule has 0 saturated carbocycles. The molecule has 2 aromatic rings. The summed E-state index contributed by atoms with van der Waals surface area (Å²) in [6.07, 6.45) is 3.17. The first-order valence-corrected chi connectivity index (χ1v) is 5.71. The SMILES string of the molecule is Cl.Cn1cccc1CNCCc1ccccc1. The Balaban J connectivity index is 0.00000144. The van der Waals surface area contributed by atoms with E-state index >= 15 is 0 Å². The van der Waals surface area contributed by atoms with Gasteiger partial charge in [0.15, 0.2) is 0 Å². The van der Waals surface area contributed by atoms with Gasteiger partial charge in [0.25, 0.3) is 0 Å². The Morgan fingerprint density at radius 3 is 2.47 bits per heavy atom. The highest BCUT2D eigenvalue weighted by Crippen LogP contribution is 2.00. The van der Waals surface area contributed by atoms with Gasteiger partial charge >= 0.3 is 0 Å². The summed E-state index contributed by atoms with van der Waals surface area (Å²) < 4.78 is 2.15. The number of nitrogens with zero attached hydrogens (tertiary/aromatic N) is 1. The maximum Gasteiger partial charge on any atom is 0.0359 e. The Morgan fingerprint density at radius 2 is 1.82 bits per heavy atom. The number of hydrogen-bond donors (Lipinski definition) is 1. The van der Waals surface area contributed by atoms with Gasteiger partial charge in [0.05, 0.1) is 0 Å². The number of nitrogens with one attached hydrogen (secondary N) is 1. The molecule has 0 amide bonds. The molecule has 1 heterocycles. The van der Waals surface area contributed by atoms with Gasteiger partial charge in [-0.1, -0.05) is 30.3 Å². The smallest absolute Gasteiger partial charge is 0.0359 e. The lowest BCUT2D eigenvalue weighted by atomic mass is 10.1. The lowest BCUT2D eigenvalue weighted by molar-refractivity contribution is 0.653. The van der Waals surface area contributed by atoms with E-state index in [9.17, 15) is 0 Å². The van der Waals surface area contributed by atoms with Gasteiger partial charge in [0.1, 0.15) is 0 Å². The van der Waals surface area contributed by atoms with Crippen LogP contribution < -0.4 is 5.32 Å². The van der Waals surface area contributed by atoms with E-state index in [1.165, 1.54) is 11.3 Å².